The highest BCUT2D eigenvalue weighted by atomic mass is 15.0. The van der Waals surface area contributed by atoms with E-state index in [1.54, 1.807) is 0 Å². The monoisotopic (exact) mass is 325 g/mol. The SMILES string of the molecule is Cc1cn2cc(N=C(c3ccccc3)c3ccccc3)c(C)cc2n1. The first-order chi connectivity index (χ1) is 12.2. The van der Waals surface area contributed by atoms with E-state index < -0.39 is 0 Å². The van der Waals surface area contributed by atoms with Crippen LogP contribution in [0, 0.1) is 13.8 Å². The fraction of sp³-hybridized carbons (Fsp3) is 0.0909. The molecule has 0 amide bonds. The molecule has 0 unspecified atom stereocenters. The molecule has 0 spiro atoms. The van der Waals surface area contributed by atoms with Gasteiger partial charge in [-0.3, -0.25) is 0 Å². The number of nitrogens with zero attached hydrogens (tertiary/aromatic N) is 3. The summed E-state index contributed by atoms with van der Waals surface area (Å²) in [6, 6.07) is 22.7. The summed E-state index contributed by atoms with van der Waals surface area (Å²) in [6.07, 6.45) is 4.08. The van der Waals surface area contributed by atoms with Crippen molar-refractivity contribution in [1.29, 1.82) is 0 Å². The molecule has 3 nitrogen and oxygen atoms in total. The number of hydrogen-bond acceptors (Lipinski definition) is 2. The van der Waals surface area contributed by atoms with Crippen LogP contribution in [-0.2, 0) is 0 Å². The molecule has 0 radical (unpaired) electrons. The van der Waals surface area contributed by atoms with Crippen LogP contribution in [-0.4, -0.2) is 15.1 Å². The van der Waals surface area contributed by atoms with Crippen molar-refractivity contribution >= 4 is 17.0 Å². The second kappa shape index (κ2) is 6.36. The van der Waals surface area contributed by atoms with Gasteiger partial charge in [0.05, 0.1) is 17.1 Å². The van der Waals surface area contributed by atoms with E-state index in [0.717, 1.165) is 39.4 Å². The highest BCUT2D eigenvalue weighted by Crippen LogP contribution is 2.23. The number of benzene rings is 2. The van der Waals surface area contributed by atoms with Gasteiger partial charge in [-0.15, -0.1) is 0 Å². The quantitative estimate of drug-likeness (QED) is 0.481. The van der Waals surface area contributed by atoms with Crippen LogP contribution in [0.15, 0.2) is 84.1 Å². The minimum absolute atomic E-state index is 0.951. The third-order valence-electron chi connectivity index (χ3n) is 4.22. The van der Waals surface area contributed by atoms with Crippen molar-refractivity contribution in [3.05, 3.63) is 102 Å². The molecule has 0 atom stereocenters. The van der Waals surface area contributed by atoms with Crippen LogP contribution in [0.5, 0.6) is 0 Å². The van der Waals surface area contributed by atoms with Crippen LogP contribution in [0.25, 0.3) is 5.65 Å². The predicted molar refractivity (Wildman–Crippen MR) is 103 cm³/mol. The minimum Gasteiger partial charge on any atom is -0.305 e. The van der Waals surface area contributed by atoms with Gasteiger partial charge in [-0.2, -0.15) is 0 Å². The standard InChI is InChI=1S/C22H19N3/c1-16-13-21-23-17(2)14-25(21)15-20(16)24-22(18-9-5-3-6-10-18)19-11-7-4-8-12-19/h3-15H,1-2H3. The summed E-state index contributed by atoms with van der Waals surface area (Å²) in [5, 5.41) is 0. The Balaban J connectivity index is 1.91. The Morgan fingerprint density at radius 1 is 0.840 bits per heavy atom. The van der Waals surface area contributed by atoms with Gasteiger partial charge in [0.25, 0.3) is 0 Å². The second-order valence-electron chi connectivity index (χ2n) is 6.18. The molecule has 0 aliphatic carbocycles. The summed E-state index contributed by atoms with van der Waals surface area (Å²) < 4.78 is 2.04. The molecule has 0 bridgehead atoms. The van der Waals surface area contributed by atoms with Gasteiger partial charge < -0.3 is 4.40 Å². The maximum atomic E-state index is 5.03. The molecule has 0 fully saturated rings. The van der Waals surface area contributed by atoms with Crippen LogP contribution in [0.2, 0.25) is 0 Å². The first-order valence-electron chi connectivity index (χ1n) is 8.36. The molecule has 0 aliphatic rings. The Hall–Kier alpha value is -3.20. The first kappa shape index (κ1) is 15.3. The molecule has 4 rings (SSSR count). The summed E-state index contributed by atoms with van der Waals surface area (Å²) in [6.45, 7) is 4.08. The average molecular weight is 325 g/mol. The van der Waals surface area contributed by atoms with Crippen LogP contribution in [0.3, 0.4) is 0 Å². The zero-order valence-corrected chi connectivity index (χ0v) is 14.3. The molecule has 3 heteroatoms. The predicted octanol–water partition coefficient (Wildman–Crippen LogP) is 5.12. The lowest BCUT2D eigenvalue weighted by Gasteiger charge is -2.09. The van der Waals surface area contributed by atoms with Crippen molar-refractivity contribution in [2.24, 2.45) is 4.99 Å². The van der Waals surface area contributed by atoms with Crippen molar-refractivity contribution < 1.29 is 0 Å². The number of rotatable bonds is 3. The van der Waals surface area contributed by atoms with Crippen molar-refractivity contribution in [3.8, 4) is 0 Å². The minimum atomic E-state index is 0.951. The number of fused-ring (bicyclic) bond motifs is 1. The molecular formula is C22H19N3. The van der Waals surface area contributed by atoms with E-state index in [9.17, 15) is 0 Å². The van der Waals surface area contributed by atoms with E-state index in [1.807, 2.05) is 53.9 Å². The van der Waals surface area contributed by atoms with Gasteiger partial charge in [0.2, 0.25) is 0 Å². The molecule has 0 aliphatic heterocycles. The lowest BCUT2D eigenvalue weighted by molar-refractivity contribution is 1.16. The molecule has 0 N–H and O–H groups in total. The van der Waals surface area contributed by atoms with Crippen molar-refractivity contribution in [2.75, 3.05) is 0 Å². The van der Waals surface area contributed by atoms with E-state index in [4.69, 9.17) is 4.99 Å². The van der Waals surface area contributed by atoms with Crippen molar-refractivity contribution in [2.45, 2.75) is 13.8 Å². The van der Waals surface area contributed by atoms with Gasteiger partial charge in [0.15, 0.2) is 0 Å². The smallest absolute Gasteiger partial charge is 0.137 e. The summed E-state index contributed by atoms with van der Waals surface area (Å²) >= 11 is 0. The molecular weight excluding hydrogens is 306 g/mol. The molecule has 2 heterocycles. The third kappa shape index (κ3) is 3.09. The Labute approximate surface area is 147 Å². The number of aromatic nitrogens is 2. The van der Waals surface area contributed by atoms with Crippen molar-refractivity contribution in [3.63, 3.8) is 0 Å². The van der Waals surface area contributed by atoms with E-state index in [0.29, 0.717) is 0 Å². The lowest BCUT2D eigenvalue weighted by atomic mass is 10.0. The highest BCUT2D eigenvalue weighted by Gasteiger charge is 2.09. The Morgan fingerprint density at radius 3 is 2.04 bits per heavy atom. The van der Waals surface area contributed by atoms with Gasteiger partial charge >= 0.3 is 0 Å². The van der Waals surface area contributed by atoms with Gasteiger partial charge in [0.1, 0.15) is 5.65 Å². The molecule has 2 aromatic carbocycles. The average Bonchev–Trinajstić information content (AvgIpc) is 3.00. The van der Waals surface area contributed by atoms with Crippen LogP contribution >= 0.6 is 0 Å². The van der Waals surface area contributed by atoms with Gasteiger partial charge in [-0.25, -0.2) is 9.98 Å². The summed E-state index contributed by atoms with van der Waals surface area (Å²) in [7, 11) is 0. The first-order valence-corrected chi connectivity index (χ1v) is 8.36. The number of aliphatic imine (C=N–C) groups is 1. The summed E-state index contributed by atoms with van der Waals surface area (Å²) in [5.74, 6) is 0. The lowest BCUT2D eigenvalue weighted by Crippen LogP contribution is -2.03. The van der Waals surface area contributed by atoms with Gasteiger partial charge in [0, 0.05) is 23.5 Å². The molecule has 0 saturated carbocycles. The molecule has 122 valence electrons. The van der Waals surface area contributed by atoms with E-state index >= 15 is 0 Å². The molecule has 2 aromatic heterocycles. The topological polar surface area (TPSA) is 29.7 Å². The van der Waals surface area contributed by atoms with Crippen LogP contribution in [0.4, 0.5) is 5.69 Å². The molecule has 0 saturated heterocycles. The Bertz CT molecular complexity index is 1000. The van der Waals surface area contributed by atoms with Gasteiger partial charge in [-0.1, -0.05) is 60.7 Å². The normalized spacial score (nSPS) is 10.8. The van der Waals surface area contributed by atoms with E-state index in [2.05, 4.69) is 48.4 Å². The van der Waals surface area contributed by atoms with Crippen LogP contribution in [0.1, 0.15) is 22.4 Å². The Kier molecular flexibility index (Phi) is 3.90. The largest absolute Gasteiger partial charge is 0.305 e. The number of pyridine rings is 1. The maximum absolute atomic E-state index is 5.03. The number of aryl methyl sites for hydroxylation is 2. The fourth-order valence-electron chi connectivity index (χ4n) is 2.97. The fourth-order valence-corrected chi connectivity index (χ4v) is 2.97. The number of imidazole rings is 1. The second-order valence-corrected chi connectivity index (χ2v) is 6.18. The number of hydrogen-bond donors (Lipinski definition) is 0. The third-order valence-corrected chi connectivity index (χ3v) is 4.22. The van der Waals surface area contributed by atoms with Crippen molar-refractivity contribution in [1.82, 2.24) is 9.38 Å². The van der Waals surface area contributed by atoms with Gasteiger partial charge in [-0.05, 0) is 25.5 Å². The summed E-state index contributed by atoms with van der Waals surface area (Å²) in [5.41, 5.74) is 7.21. The highest BCUT2D eigenvalue weighted by molar-refractivity contribution is 6.14. The Morgan fingerprint density at radius 2 is 1.44 bits per heavy atom. The van der Waals surface area contributed by atoms with Crippen LogP contribution < -0.4 is 0 Å². The molecule has 25 heavy (non-hydrogen) atoms. The zero-order valence-electron chi connectivity index (χ0n) is 14.3. The zero-order chi connectivity index (χ0) is 17.2. The summed E-state index contributed by atoms with van der Waals surface area (Å²) in [4.78, 5) is 9.55. The molecule has 4 aromatic rings. The maximum Gasteiger partial charge on any atom is 0.137 e. The van der Waals surface area contributed by atoms with E-state index in [-0.39, 0.29) is 0 Å². The van der Waals surface area contributed by atoms with E-state index in [1.165, 1.54) is 0 Å².